The first-order valence-electron chi connectivity index (χ1n) is 7.81. The van der Waals surface area contributed by atoms with Crippen LogP contribution in [0, 0.1) is 18.8 Å². The Hall–Kier alpha value is -1.91. The van der Waals surface area contributed by atoms with Crippen molar-refractivity contribution >= 4 is 5.69 Å². The topological polar surface area (TPSA) is 55.6 Å². The summed E-state index contributed by atoms with van der Waals surface area (Å²) in [5.74, 6) is 2.51. The van der Waals surface area contributed by atoms with Crippen LogP contribution in [0.3, 0.4) is 0 Å². The molecule has 1 N–H and O–H groups in total. The molecule has 1 aromatic heterocycles. The van der Waals surface area contributed by atoms with E-state index in [1.54, 1.807) is 4.68 Å². The van der Waals surface area contributed by atoms with Crippen LogP contribution in [0.4, 0.5) is 5.69 Å². The molecule has 5 heteroatoms. The Morgan fingerprint density at radius 3 is 2.76 bits per heavy atom. The van der Waals surface area contributed by atoms with Gasteiger partial charge in [-0.05, 0) is 60.2 Å². The number of anilines is 1. The normalized spacial score (nSPS) is 22.2. The van der Waals surface area contributed by atoms with Crippen LogP contribution < -0.4 is 5.32 Å². The Bertz CT molecular complexity index is 584. The summed E-state index contributed by atoms with van der Waals surface area (Å²) in [6, 6.07) is 8.28. The molecular formula is C16H23N5. The molecular weight excluding hydrogens is 262 g/mol. The summed E-state index contributed by atoms with van der Waals surface area (Å²) in [6.45, 7) is 5.33. The quantitative estimate of drug-likeness (QED) is 0.937. The fourth-order valence-electron chi connectivity index (χ4n) is 3.01. The third-order valence-corrected chi connectivity index (χ3v) is 4.45. The van der Waals surface area contributed by atoms with Crippen molar-refractivity contribution < 1.29 is 0 Å². The number of aromatic nitrogens is 4. The predicted molar refractivity (Wildman–Crippen MR) is 83.5 cm³/mol. The number of hydrogen-bond acceptors (Lipinski definition) is 4. The molecule has 21 heavy (non-hydrogen) atoms. The molecule has 1 fully saturated rings. The Kier molecular flexibility index (Phi) is 4.18. The van der Waals surface area contributed by atoms with Crippen molar-refractivity contribution in [3.05, 3.63) is 30.1 Å². The van der Waals surface area contributed by atoms with Crippen molar-refractivity contribution in [2.24, 2.45) is 11.8 Å². The summed E-state index contributed by atoms with van der Waals surface area (Å²) in [5.41, 5.74) is 2.14. The van der Waals surface area contributed by atoms with Crippen molar-refractivity contribution in [3.8, 4) is 5.69 Å². The van der Waals surface area contributed by atoms with Crippen LogP contribution in [0.5, 0.6) is 0 Å². The van der Waals surface area contributed by atoms with E-state index in [0.29, 0.717) is 0 Å². The molecule has 0 unspecified atom stereocenters. The molecule has 112 valence electrons. The van der Waals surface area contributed by atoms with Crippen LogP contribution in [0.25, 0.3) is 5.69 Å². The lowest BCUT2D eigenvalue weighted by Gasteiger charge is -2.26. The van der Waals surface area contributed by atoms with Crippen LogP contribution in [-0.4, -0.2) is 26.8 Å². The molecule has 0 saturated heterocycles. The number of nitrogens with one attached hydrogen (secondary N) is 1. The average Bonchev–Trinajstić information content (AvgIpc) is 2.93. The lowest BCUT2D eigenvalue weighted by molar-refractivity contribution is 0.300. The highest BCUT2D eigenvalue weighted by molar-refractivity contribution is 5.51. The molecule has 0 radical (unpaired) electrons. The minimum absolute atomic E-state index is 0.799. The summed E-state index contributed by atoms with van der Waals surface area (Å²) in [7, 11) is 0. The van der Waals surface area contributed by atoms with E-state index >= 15 is 0 Å². The predicted octanol–water partition coefficient (Wildman–Crippen LogP) is 3.21. The molecule has 0 atom stereocenters. The molecule has 1 saturated carbocycles. The zero-order chi connectivity index (χ0) is 14.7. The summed E-state index contributed by atoms with van der Waals surface area (Å²) in [6.07, 6.45) is 5.44. The fraction of sp³-hybridized carbons (Fsp3) is 0.562. The van der Waals surface area contributed by atoms with Gasteiger partial charge in [0.2, 0.25) is 0 Å². The molecule has 1 aromatic carbocycles. The van der Waals surface area contributed by atoms with Gasteiger partial charge >= 0.3 is 0 Å². The summed E-state index contributed by atoms with van der Waals surface area (Å²) >= 11 is 0. The maximum Gasteiger partial charge on any atom is 0.153 e. The van der Waals surface area contributed by atoms with E-state index < -0.39 is 0 Å². The third-order valence-electron chi connectivity index (χ3n) is 4.45. The van der Waals surface area contributed by atoms with E-state index in [-0.39, 0.29) is 0 Å². The van der Waals surface area contributed by atoms with Crippen molar-refractivity contribution in [1.82, 2.24) is 20.2 Å². The van der Waals surface area contributed by atoms with Gasteiger partial charge in [0.05, 0.1) is 5.69 Å². The SMILES string of the molecule is Cc1nnnn1-c1cccc(NCC2CCC(C)CC2)c1. The number of benzene rings is 1. The summed E-state index contributed by atoms with van der Waals surface area (Å²) < 4.78 is 1.76. The molecule has 5 nitrogen and oxygen atoms in total. The van der Waals surface area contributed by atoms with Gasteiger partial charge in [0.15, 0.2) is 5.82 Å². The summed E-state index contributed by atoms with van der Waals surface area (Å²) in [4.78, 5) is 0. The first-order valence-corrected chi connectivity index (χ1v) is 7.81. The Morgan fingerprint density at radius 2 is 2.05 bits per heavy atom. The van der Waals surface area contributed by atoms with Crippen LogP contribution in [0.2, 0.25) is 0 Å². The summed E-state index contributed by atoms with van der Waals surface area (Å²) in [5, 5.41) is 15.2. The second-order valence-electron chi connectivity index (χ2n) is 6.20. The lowest BCUT2D eigenvalue weighted by atomic mass is 9.83. The highest BCUT2D eigenvalue weighted by Gasteiger charge is 2.17. The first kappa shape index (κ1) is 14.0. The van der Waals surface area contributed by atoms with Gasteiger partial charge in [-0.25, -0.2) is 0 Å². The van der Waals surface area contributed by atoms with E-state index in [2.05, 4.69) is 39.9 Å². The highest BCUT2D eigenvalue weighted by atomic mass is 15.5. The highest BCUT2D eigenvalue weighted by Crippen LogP contribution is 2.28. The van der Waals surface area contributed by atoms with Gasteiger partial charge in [-0.15, -0.1) is 5.10 Å². The van der Waals surface area contributed by atoms with Crippen molar-refractivity contribution in [2.45, 2.75) is 39.5 Å². The molecule has 0 bridgehead atoms. The monoisotopic (exact) mass is 285 g/mol. The maximum atomic E-state index is 4.01. The van der Waals surface area contributed by atoms with Gasteiger partial charge in [-0.3, -0.25) is 0 Å². The minimum atomic E-state index is 0.799. The zero-order valence-corrected chi connectivity index (χ0v) is 12.8. The minimum Gasteiger partial charge on any atom is -0.385 e. The van der Waals surface area contributed by atoms with Gasteiger partial charge in [-0.1, -0.05) is 25.8 Å². The van der Waals surface area contributed by atoms with Crippen LogP contribution in [-0.2, 0) is 0 Å². The largest absolute Gasteiger partial charge is 0.385 e. The van der Waals surface area contributed by atoms with E-state index in [0.717, 1.165) is 35.6 Å². The van der Waals surface area contributed by atoms with E-state index in [9.17, 15) is 0 Å². The van der Waals surface area contributed by atoms with E-state index in [1.165, 1.54) is 25.7 Å². The molecule has 0 spiro atoms. The average molecular weight is 285 g/mol. The lowest BCUT2D eigenvalue weighted by Crippen LogP contribution is -2.20. The molecule has 0 amide bonds. The zero-order valence-electron chi connectivity index (χ0n) is 12.8. The van der Waals surface area contributed by atoms with Crippen LogP contribution in [0.15, 0.2) is 24.3 Å². The first-order chi connectivity index (χ1) is 10.2. The standard InChI is InChI=1S/C16H23N5/c1-12-6-8-14(9-7-12)11-17-15-4-3-5-16(10-15)21-13(2)18-19-20-21/h3-5,10,12,14,17H,6-9,11H2,1-2H3. The number of tetrazole rings is 1. The molecule has 0 aliphatic heterocycles. The van der Waals surface area contributed by atoms with Gasteiger partial charge in [-0.2, -0.15) is 4.68 Å². The Morgan fingerprint density at radius 1 is 1.24 bits per heavy atom. The number of aryl methyl sites for hydroxylation is 1. The van der Waals surface area contributed by atoms with Crippen molar-refractivity contribution in [1.29, 1.82) is 0 Å². The third kappa shape index (κ3) is 3.40. The van der Waals surface area contributed by atoms with E-state index in [1.807, 2.05) is 19.1 Å². The molecule has 1 heterocycles. The van der Waals surface area contributed by atoms with Gasteiger partial charge in [0, 0.05) is 12.2 Å². The van der Waals surface area contributed by atoms with Gasteiger partial charge in [0.25, 0.3) is 0 Å². The number of rotatable bonds is 4. The molecule has 3 rings (SSSR count). The second kappa shape index (κ2) is 6.24. The maximum absolute atomic E-state index is 4.01. The van der Waals surface area contributed by atoms with Gasteiger partial charge < -0.3 is 5.32 Å². The van der Waals surface area contributed by atoms with Crippen LogP contribution in [0.1, 0.15) is 38.4 Å². The number of nitrogens with zero attached hydrogens (tertiary/aromatic N) is 4. The van der Waals surface area contributed by atoms with Crippen LogP contribution >= 0.6 is 0 Å². The number of hydrogen-bond donors (Lipinski definition) is 1. The molecule has 1 aliphatic rings. The second-order valence-corrected chi connectivity index (χ2v) is 6.20. The van der Waals surface area contributed by atoms with Gasteiger partial charge in [0.1, 0.15) is 0 Å². The Labute approximate surface area is 125 Å². The molecule has 2 aromatic rings. The van der Waals surface area contributed by atoms with Crippen molar-refractivity contribution in [2.75, 3.05) is 11.9 Å². The Balaban J connectivity index is 1.63. The van der Waals surface area contributed by atoms with Crippen molar-refractivity contribution in [3.63, 3.8) is 0 Å². The molecule has 1 aliphatic carbocycles. The van der Waals surface area contributed by atoms with E-state index in [4.69, 9.17) is 0 Å². The fourth-order valence-corrected chi connectivity index (χ4v) is 3.01. The smallest absolute Gasteiger partial charge is 0.153 e.